The highest BCUT2D eigenvalue weighted by Gasteiger charge is 2.56. The monoisotopic (exact) mass is 1370 g/mol. The molecule has 8 rings (SSSR count). The Bertz CT molecular complexity index is 3820. The van der Waals surface area contributed by atoms with Crippen LogP contribution in [0, 0.1) is 16.7 Å². The van der Waals surface area contributed by atoms with Crippen molar-refractivity contribution in [2.24, 2.45) is 29.5 Å². The first-order chi connectivity index (χ1) is 45.9. The number of alkyl halides is 2. The van der Waals surface area contributed by atoms with Crippen LogP contribution >= 0.6 is 7.60 Å². The average molecular weight is 1370 g/mol. The van der Waals surface area contributed by atoms with Crippen molar-refractivity contribution >= 4 is 71.5 Å². The summed E-state index contributed by atoms with van der Waals surface area (Å²) < 4.78 is 87.2. The standard InChI is InChI=1S/C71H89F2N6O17P/c1-43(48-22-25-51(26-23-48)71(72,73)97(89,95-41-93-66(86)69(3,4)5)96-42-94-67(87)70(6,7)8)37-60(82)75-54-27-24-49-15-10-16-50-39-52(62(61(49)50)63(54)83)64(84)76-53(28-31-58(74)80)44(2)92-40-47-19-17-45(18-20-47)13-11-33-90-35-36-91-34-12-14-46-21-29-55-57(38-46)78(9)68(88)79(55)56-30-32-59(81)77-65(56)85/h10,15-23,25-26,29,37-38,44,52-54,56,62H,11-14,24,27-28,30-36,39-42H2,1-9H3,(H2,74,80)(H,75,82)(H,76,84)(H,77,81,85)/b43-37+/t44-,52-,53+,54+,56?,62?/m1/s1. The van der Waals surface area contributed by atoms with E-state index in [9.17, 15) is 47.7 Å². The number of rotatable bonds is 32. The lowest BCUT2D eigenvalue weighted by molar-refractivity contribution is -0.163. The number of carbonyl (C=O) groups excluding carboxylic acids is 8. The van der Waals surface area contributed by atoms with Crippen LogP contribution in [0.2, 0.25) is 0 Å². The maximum Gasteiger partial charge on any atom is 0.410 e. The molecule has 3 aliphatic rings. The number of allylic oxidation sites excluding steroid dienone is 1. The molecule has 23 nitrogen and oxygen atoms in total. The fraction of sp³-hybridized carbons (Fsp3) is 0.507. The molecule has 1 aromatic heterocycles. The number of aromatic nitrogens is 2. The number of esters is 2. The first kappa shape index (κ1) is 74.7. The number of amides is 5. The summed E-state index contributed by atoms with van der Waals surface area (Å²) in [5, 5.41) is 8.26. The molecule has 26 heteroatoms. The predicted molar refractivity (Wildman–Crippen MR) is 354 cm³/mol. The number of imide groups is 1. The van der Waals surface area contributed by atoms with Gasteiger partial charge in [-0.2, -0.15) is 8.78 Å². The number of fused-ring (bicyclic) bond motifs is 1. The van der Waals surface area contributed by atoms with Crippen molar-refractivity contribution in [3.8, 4) is 0 Å². The number of benzene rings is 4. The largest absolute Gasteiger partial charge is 0.438 e. The van der Waals surface area contributed by atoms with E-state index in [4.69, 9.17) is 38.5 Å². The molecule has 524 valence electrons. The van der Waals surface area contributed by atoms with E-state index < -0.39 is 115 Å². The van der Waals surface area contributed by atoms with Crippen molar-refractivity contribution in [2.75, 3.05) is 40.0 Å². The number of nitrogens with zero attached hydrogens (tertiary/aromatic N) is 2. The van der Waals surface area contributed by atoms with E-state index in [1.165, 1.54) is 68.9 Å². The van der Waals surface area contributed by atoms with Gasteiger partial charge in [0.25, 0.3) is 0 Å². The minimum Gasteiger partial charge on any atom is -0.438 e. The molecule has 5 aromatic rings. The van der Waals surface area contributed by atoms with Crippen LogP contribution in [0.25, 0.3) is 16.6 Å². The summed E-state index contributed by atoms with van der Waals surface area (Å²) >= 11 is 0. The fourth-order valence-corrected chi connectivity index (χ4v) is 13.2. The van der Waals surface area contributed by atoms with Gasteiger partial charge in [-0.3, -0.25) is 66.4 Å². The van der Waals surface area contributed by atoms with Crippen molar-refractivity contribution in [2.45, 2.75) is 168 Å². The number of primary amides is 1. The molecule has 2 unspecified atom stereocenters. The van der Waals surface area contributed by atoms with Gasteiger partial charge in [0.05, 0.1) is 71.7 Å². The molecule has 5 N–H and O–H groups in total. The topological polar surface area (TPSA) is 307 Å². The molecule has 6 atom stereocenters. The second-order valence-electron chi connectivity index (χ2n) is 27.0. The van der Waals surface area contributed by atoms with Gasteiger partial charge in [-0.1, -0.05) is 72.8 Å². The number of ketones is 1. The van der Waals surface area contributed by atoms with Crippen LogP contribution in [-0.2, 0) is 121 Å². The lowest BCUT2D eigenvalue weighted by atomic mass is 9.84. The van der Waals surface area contributed by atoms with Gasteiger partial charge in [0.15, 0.2) is 5.78 Å². The van der Waals surface area contributed by atoms with Crippen LogP contribution in [-0.4, -0.2) is 115 Å². The van der Waals surface area contributed by atoms with Crippen molar-refractivity contribution in [1.82, 2.24) is 25.1 Å². The average Bonchev–Trinajstić information content (AvgIpc) is 1.66. The van der Waals surface area contributed by atoms with Gasteiger partial charge in [0, 0.05) is 44.7 Å². The van der Waals surface area contributed by atoms with Gasteiger partial charge in [-0.15, -0.1) is 0 Å². The third-order valence-electron chi connectivity index (χ3n) is 17.6. The van der Waals surface area contributed by atoms with Crippen molar-refractivity contribution in [3.05, 3.63) is 146 Å². The molecule has 0 spiro atoms. The first-order valence-electron chi connectivity index (χ1n) is 32.7. The molecule has 0 radical (unpaired) electrons. The van der Waals surface area contributed by atoms with Crippen molar-refractivity contribution in [3.63, 3.8) is 0 Å². The number of Topliss-reactive ketones (excluding diaryl/α,β-unsaturated/α-hetero) is 1. The van der Waals surface area contributed by atoms with Gasteiger partial charge < -0.3 is 40.1 Å². The van der Waals surface area contributed by atoms with Crippen LogP contribution in [0.1, 0.15) is 157 Å². The molecule has 0 bridgehead atoms. The van der Waals surface area contributed by atoms with Crippen molar-refractivity contribution < 1.29 is 84.4 Å². The van der Waals surface area contributed by atoms with Crippen LogP contribution in [0.15, 0.2) is 95.8 Å². The molecule has 97 heavy (non-hydrogen) atoms. The zero-order valence-corrected chi connectivity index (χ0v) is 57.4. The van der Waals surface area contributed by atoms with Crippen molar-refractivity contribution in [1.29, 1.82) is 0 Å². The Balaban J connectivity index is 0.797. The number of hydrogen-bond acceptors (Lipinski definition) is 17. The molecule has 4 aromatic carbocycles. The summed E-state index contributed by atoms with van der Waals surface area (Å²) in [7, 11) is -3.93. The first-order valence-corrected chi connectivity index (χ1v) is 34.2. The van der Waals surface area contributed by atoms with Crippen LogP contribution in [0.5, 0.6) is 0 Å². The molecule has 1 saturated heterocycles. The van der Waals surface area contributed by atoms with E-state index in [0.29, 0.717) is 55.0 Å². The Labute approximate surface area is 562 Å². The summed E-state index contributed by atoms with van der Waals surface area (Å²) in [6.45, 7) is 12.3. The molecule has 5 amide bonds. The Morgan fingerprint density at radius 3 is 1.97 bits per heavy atom. The fourth-order valence-electron chi connectivity index (χ4n) is 12.0. The number of ether oxygens (including phenoxy) is 5. The second kappa shape index (κ2) is 32.5. The van der Waals surface area contributed by atoms with Gasteiger partial charge >= 0.3 is 30.9 Å². The maximum atomic E-state index is 16.3. The smallest absolute Gasteiger partial charge is 0.410 e. The van der Waals surface area contributed by atoms with Crippen LogP contribution < -0.4 is 27.4 Å². The van der Waals surface area contributed by atoms with Crippen LogP contribution in [0.4, 0.5) is 8.78 Å². The normalized spacial score (nSPS) is 18.2. The number of carbonyl (C=O) groups is 8. The Morgan fingerprint density at radius 1 is 0.763 bits per heavy atom. The number of nitrogens with two attached hydrogens (primary N) is 1. The SMILES string of the molecule is C/C(=C\C(=O)N[C@H]1CCc2cccc3c2C(C1=O)[C@H](C(=O)N[C@@H](CCC(N)=O)[C@@H](C)OCc1ccc(CCCOCCOCCCc2ccc4c(c2)n(C)c(=O)n4C2CCC(=O)NC2=O)cc1)C3)c1ccc(C(F)(F)P(=O)(OCOC(=O)C(C)(C)C)OCOC(=O)C(C)(C)C)cc1. The van der Waals surface area contributed by atoms with E-state index in [2.05, 4.69) is 16.0 Å². The van der Waals surface area contributed by atoms with Gasteiger partial charge in [0.1, 0.15) is 6.04 Å². The molecular formula is C71H89F2N6O17P. The van der Waals surface area contributed by atoms with E-state index >= 15 is 8.78 Å². The molecular weight excluding hydrogens is 1280 g/mol. The summed E-state index contributed by atoms with van der Waals surface area (Å²) in [6.07, 6.45) is 5.14. The molecule has 2 heterocycles. The highest BCUT2D eigenvalue weighted by Crippen LogP contribution is 2.67. The van der Waals surface area contributed by atoms with E-state index in [1.54, 1.807) is 20.9 Å². The lowest BCUT2D eigenvalue weighted by Gasteiger charge is -2.28. The van der Waals surface area contributed by atoms with E-state index in [1.807, 2.05) is 60.7 Å². The highest BCUT2D eigenvalue weighted by atomic mass is 31.2. The van der Waals surface area contributed by atoms with Gasteiger partial charge in [-0.05, 0) is 170 Å². The zero-order valence-electron chi connectivity index (χ0n) is 56.5. The number of hydrogen-bond donors (Lipinski definition) is 4. The minimum absolute atomic E-state index is 0.0424. The third-order valence-corrected chi connectivity index (χ3v) is 19.4. The summed E-state index contributed by atoms with van der Waals surface area (Å²) in [6, 6.07) is 21.4. The number of halogens is 2. The van der Waals surface area contributed by atoms with Gasteiger partial charge in [-0.25, -0.2) is 4.79 Å². The van der Waals surface area contributed by atoms with Gasteiger partial charge in [0.2, 0.25) is 43.1 Å². The maximum absolute atomic E-state index is 16.3. The lowest BCUT2D eigenvalue weighted by Crippen LogP contribution is -2.49. The zero-order chi connectivity index (χ0) is 70.6. The second-order valence-corrected chi connectivity index (χ2v) is 29.0. The minimum atomic E-state index is -5.60. The quantitative estimate of drug-likeness (QED) is 0.00779. The molecule has 2 aliphatic carbocycles. The molecule has 0 saturated carbocycles. The Kier molecular flexibility index (Phi) is 25.1. The predicted octanol–water partition coefficient (Wildman–Crippen LogP) is 9.00. The molecule has 1 aliphatic heterocycles. The third kappa shape index (κ3) is 19.0. The number of nitrogens with one attached hydrogen (secondary N) is 3. The van der Waals surface area contributed by atoms with Crippen LogP contribution in [0.3, 0.4) is 0 Å². The number of imidazole rings is 1. The summed E-state index contributed by atoms with van der Waals surface area (Å²) in [5.41, 5.74) is 5.45. The number of aryl methyl sites for hydroxylation is 4. The molecule has 1 fully saturated rings. The Morgan fingerprint density at radius 2 is 1.36 bits per heavy atom. The number of piperidine rings is 1. The van der Waals surface area contributed by atoms with E-state index in [0.717, 1.165) is 71.2 Å². The highest BCUT2D eigenvalue weighted by molar-refractivity contribution is 7.54. The Hall–Kier alpha value is -8.06. The van der Waals surface area contributed by atoms with E-state index in [-0.39, 0.29) is 62.5 Å². The summed E-state index contributed by atoms with van der Waals surface area (Å²) in [5.74, 6) is -6.27. The summed E-state index contributed by atoms with van der Waals surface area (Å²) in [4.78, 5) is 117.